The predicted octanol–water partition coefficient (Wildman–Crippen LogP) is 1.67. The first-order valence-corrected chi connectivity index (χ1v) is 6.46. The van der Waals surface area contributed by atoms with Gasteiger partial charge in [-0.3, -0.25) is 0 Å². The fourth-order valence-corrected chi connectivity index (χ4v) is 2.48. The Morgan fingerprint density at radius 2 is 2.22 bits per heavy atom. The first-order valence-electron chi connectivity index (χ1n) is 6.46. The molecule has 0 saturated heterocycles. The molecule has 2 N–H and O–H groups in total. The lowest BCUT2D eigenvalue weighted by Gasteiger charge is -2.29. The van der Waals surface area contributed by atoms with Gasteiger partial charge in [-0.05, 0) is 31.7 Å². The molecule has 1 heterocycles. The molecule has 3 rings (SSSR count). The Hall–Kier alpha value is -1.26. The number of para-hydroxylation sites is 1. The summed E-state index contributed by atoms with van der Waals surface area (Å²) < 4.78 is 10.8. The van der Waals surface area contributed by atoms with E-state index in [1.165, 1.54) is 12.8 Å². The summed E-state index contributed by atoms with van der Waals surface area (Å²) in [6, 6.07) is 5.92. The van der Waals surface area contributed by atoms with Crippen molar-refractivity contribution >= 4 is 0 Å². The van der Waals surface area contributed by atoms with Crippen LogP contribution in [0.1, 0.15) is 25.3 Å². The van der Waals surface area contributed by atoms with Crippen LogP contribution in [-0.4, -0.2) is 24.0 Å². The fourth-order valence-electron chi connectivity index (χ4n) is 2.48. The van der Waals surface area contributed by atoms with E-state index in [2.05, 4.69) is 12.2 Å². The number of hydrogen-bond acceptors (Lipinski definition) is 4. The van der Waals surface area contributed by atoms with Crippen molar-refractivity contribution in [2.45, 2.75) is 31.8 Å². The summed E-state index contributed by atoms with van der Waals surface area (Å²) in [6.07, 6.45) is 2.41. The van der Waals surface area contributed by atoms with Gasteiger partial charge >= 0.3 is 0 Å². The summed E-state index contributed by atoms with van der Waals surface area (Å²) >= 11 is 0. The van der Waals surface area contributed by atoms with E-state index in [9.17, 15) is 5.11 Å². The maximum atomic E-state index is 9.55. The summed E-state index contributed by atoms with van der Waals surface area (Å²) in [6.45, 7) is 3.25. The molecule has 2 aliphatic rings. The summed E-state index contributed by atoms with van der Waals surface area (Å²) in [5, 5.41) is 13.0. The van der Waals surface area contributed by atoms with Gasteiger partial charge in [0.2, 0.25) is 6.79 Å². The quantitative estimate of drug-likeness (QED) is 0.833. The third kappa shape index (κ3) is 2.06. The molecule has 0 bridgehead atoms. The standard InChI is InChI=1S/C14H19NO3/c1-14(8-16,11-5-6-11)15-7-10-3-2-4-12-13(10)18-9-17-12/h2-4,11,15-16H,5-9H2,1H3. The molecule has 18 heavy (non-hydrogen) atoms. The Balaban J connectivity index is 1.71. The van der Waals surface area contributed by atoms with Gasteiger partial charge < -0.3 is 19.9 Å². The van der Waals surface area contributed by atoms with Crippen LogP contribution in [0.4, 0.5) is 0 Å². The highest BCUT2D eigenvalue weighted by Gasteiger charge is 2.40. The van der Waals surface area contributed by atoms with Crippen LogP contribution >= 0.6 is 0 Å². The second-order valence-corrected chi connectivity index (χ2v) is 5.35. The Morgan fingerprint density at radius 3 is 2.94 bits per heavy atom. The van der Waals surface area contributed by atoms with Crippen molar-refractivity contribution in [2.24, 2.45) is 5.92 Å². The number of aliphatic hydroxyl groups excluding tert-OH is 1. The third-order valence-electron chi connectivity index (χ3n) is 3.97. The molecular formula is C14H19NO3. The third-order valence-corrected chi connectivity index (χ3v) is 3.97. The van der Waals surface area contributed by atoms with Crippen molar-refractivity contribution < 1.29 is 14.6 Å². The number of nitrogens with one attached hydrogen (secondary N) is 1. The Labute approximate surface area is 107 Å². The zero-order valence-electron chi connectivity index (χ0n) is 10.6. The van der Waals surface area contributed by atoms with Gasteiger partial charge in [0, 0.05) is 17.6 Å². The van der Waals surface area contributed by atoms with E-state index in [0.717, 1.165) is 17.1 Å². The van der Waals surface area contributed by atoms with E-state index in [-0.39, 0.29) is 12.1 Å². The smallest absolute Gasteiger partial charge is 0.231 e. The molecule has 1 aromatic carbocycles. The molecule has 4 heteroatoms. The van der Waals surface area contributed by atoms with Crippen LogP contribution in [0.2, 0.25) is 0 Å². The van der Waals surface area contributed by atoms with E-state index in [0.29, 0.717) is 19.3 Å². The van der Waals surface area contributed by atoms with Crippen molar-refractivity contribution in [3.63, 3.8) is 0 Å². The van der Waals surface area contributed by atoms with E-state index in [4.69, 9.17) is 9.47 Å². The maximum absolute atomic E-state index is 9.55. The Bertz CT molecular complexity index is 445. The molecule has 0 radical (unpaired) electrons. The lowest BCUT2D eigenvalue weighted by molar-refractivity contribution is 0.152. The van der Waals surface area contributed by atoms with Crippen molar-refractivity contribution in [1.29, 1.82) is 0 Å². The molecule has 0 spiro atoms. The van der Waals surface area contributed by atoms with Crippen LogP contribution < -0.4 is 14.8 Å². The van der Waals surface area contributed by atoms with Gasteiger partial charge in [-0.25, -0.2) is 0 Å². The van der Waals surface area contributed by atoms with E-state index < -0.39 is 0 Å². The monoisotopic (exact) mass is 249 g/mol. The molecule has 4 nitrogen and oxygen atoms in total. The molecule has 0 aromatic heterocycles. The molecule has 1 aliphatic heterocycles. The number of aliphatic hydroxyl groups is 1. The molecule has 1 aromatic rings. The highest BCUT2D eigenvalue weighted by Crippen LogP contribution is 2.40. The summed E-state index contributed by atoms with van der Waals surface area (Å²) in [4.78, 5) is 0. The van der Waals surface area contributed by atoms with Gasteiger partial charge in [0.25, 0.3) is 0 Å². The number of benzene rings is 1. The van der Waals surface area contributed by atoms with Gasteiger partial charge in [0.1, 0.15) is 0 Å². The average molecular weight is 249 g/mol. The Morgan fingerprint density at radius 1 is 1.39 bits per heavy atom. The normalized spacial score (nSPS) is 20.8. The second-order valence-electron chi connectivity index (χ2n) is 5.35. The molecule has 0 amide bonds. The Kier molecular flexibility index (Phi) is 2.92. The summed E-state index contributed by atoms with van der Waals surface area (Å²) in [5.74, 6) is 2.24. The molecule has 1 unspecified atom stereocenters. The van der Waals surface area contributed by atoms with E-state index >= 15 is 0 Å². The van der Waals surface area contributed by atoms with E-state index in [1.54, 1.807) is 0 Å². The second kappa shape index (κ2) is 4.44. The number of hydrogen-bond donors (Lipinski definition) is 2. The van der Waals surface area contributed by atoms with Gasteiger partial charge in [0.15, 0.2) is 11.5 Å². The van der Waals surface area contributed by atoms with Gasteiger partial charge in [-0.1, -0.05) is 12.1 Å². The average Bonchev–Trinajstić information content (AvgIpc) is 3.14. The highest BCUT2D eigenvalue weighted by molar-refractivity contribution is 5.48. The van der Waals surface area contributed by atoms with Crippen molar-refractivity contribution in [2.75, 3.05) is 13.4 Å². The van der Waals surface area contributed by atoms with Crippen LogP contribution in [0.25, 0.3) is 0 Å². The largest absolute Gasteiger partial charge is 0.454 e. The lowest BCUT2D eigenvalue weighted by Crippen LogP contribution is -2.47. The first-order chi connectivity index (χ1) is 8.73. The molecule has 1 saturated carbocycles. The first kappa shape index (κ1) is 11.8. The predicted molar refractivity (Wildman–Crippen MR) is 67.6 cm³/mol. The molecule has 1 fully saturated rings. The van der Waals surface area contributed by atoms with Crippen LogP contribution in [-0.2, 0) is 6.54 Å². The van der Waals surface area contributed by atoms with Gasteiger partial charge in [-0.2, -0.15) is 0 Å². The molecule has 1 atom stereocenters. The zero-order valence-corrected chi connectivity index (χ0v) is 10.6. The van der Waals surface area contributed by atoms with E-state index in [1.807, 2.05) is 18.2 Å². The van der Waals surface area contributed by atoms with Crippen LogP contribution in [0, 0.1) is 5.92 Å². The zero-order chi connectivity index (χ0) is 12.6. The van der Waals surface area contributed by atoms with Gasteiger partial charge in [-0.15, -0.1) is 0 Å². The fraction of sp³-hybridized carbons (Fsp3) is 0.571. The number of ether oxygens (including phenoxy) is 2. The molecule has 98 valence electrons. The topological polar surface area (TPSA) is 50.7 Å². The summed E-state index contributed by atoms with van der Waals surface area (Å²) in [7, 11) is 0. The minimum Gasteiger partial charge on any atom is -0.454 e. The van der Waals surface area contributed by atoms with Crippen LogP contribution in [0.15, 0.2) is 18.2 Å². The SMILES string of the molecule is CC(CO)(NCc1cccc2c1OCO2)C1CC1. The van der Waals surface area contributed by atoms with Crippen molar-refractivity contribution in [3.05, 3.63) is 23.8 Å². The van der Waals surface area contributed by atoms with Crippen molar-refractivity contribution in [1.82, 2.24) is 5.32 Å². The highest BCUT2D eigenvalue weighted by atomic mass is 16.7. The van der Waals surface area contributed by atoms with Crippen LogP contribution in [0.3, 0.4) is 0 Å². The number of rotatable bonds is 5. The lowest BCUT2D eigenvalue weighted by atomic mass is 9.96. The maximum Gasteiger partial charge on any atom is 0.231 e. The van der Waals surface area contributed by atoms with Crippen LogP contribution in [0.5, 0.6) is 11.5 Å². The summed E-state index contributed by atoms with van der Waals surface area (Å²) in [5.41, 5.74) is 0.910. The minimum atomic E-state index is -0.178. The molecule has 1 aliphatic carbocycles. The minimum absolute atomic E-state index is 0.171. The van der Waals surface area contributed by atoms with Gasteiger partial charge in [0.05, 0.1) is 6.61 Å². The number of fused-ring (bicyclic) bond motifs is 1. The molecular weight excluding hydrogens is 230 g/mol. The van der Waals surface area contributed by atoms with Crippen molar-refractivity contribution in [3.8, 4) is 11.5 Å².